The summed E-state index contributed by atoms with van der Waals surface area (Å²) in [6.45, 7) is 0.946. The van der Waals surface area contributed by atoms with E-state index in [1.165, 1.54) is 11.1 Å². The van der Waals surface area contributed by atoms with Crippen LogP contribution in [-0.2, 0) is 22.4 Å². The van der Waals surface area contributed by atoms with Crippen molar-refractivity contribution in [1.29, 1.82) is 0 Å². The number of fused-ring (bicyclic) bond motifs is 1. The molecule has 1 unspecified atom stereocenters. The molecule has 1 aliphatic carbocycles. The van der Waals surface area contributed by atoms with Crippen molar-refractivity contribution in [3.05, 3.63) is 35.4 Å². The van der Waals surface area contributed by atoms with E-state index < -0.39 is 6.04 Å². The van der Waals surface area contributed by atoms with E-state index in [9.17, 15) is 4.79 Å². The van der Waals surface area contributed by atoms with Crippen LogP contribution in [0.5, 0.6) is 0 Å². The Balaban J connectivity index is 1.78. The van der Waals surface area contributed by atoms with Gasteiger partial charge in [-0.2, -0.15) is 0 Å². The second-order valence-electron chi connectivity index (χ2n) is 4.85. The maximum atomic E-state index is 11.6. The molecule has 18 heavy (non-hydrogen) atoms. The molecule has 3 N–H and O–H groups in total. The molecule has 1 aromatic carbocycles. The van der Waals surface area contributed by atoms with E-state index in [-0.39, 0.29) is 12.5 Å². The molecule has 4 heteroatoms. The molecule has 0 spiro atoms. The number of rotatable bonds is 5. The van der Waals surface area contributed by atoms with Gasteiger partial charge < -0.3 is 15.8 Å². The zero-order valence-corrected chi connectivity index (χ0v) is 10.7. The van der Waals surface area contributed by atoms with Gasteiger partial charge in [-0.15, -0.1) is 0 Å². The first-order valence-corrected chi connectivity index (χ1v) is 6.29. The van der Waals surface area contributed by atoms with Gasteiger partial charge in [0.05, 0.1) is 6.61 Å². The summed E-state index contributed by atoms with van der Waals surface area (Å²) in [7, 11) is 1.54. The second-order valence-corrected chi connectivity index (χ2v) is 4.85. The van der Waals surface area contributed by atoms with Crippen LogP contribution >= 0.6 is 0 Å². The van der Waals surface area contributed by atoms with Crippen LogP contribution in [0.15, 0.2) is 24.3 Å². The van der Waals surface area contributed by atoms with Gasteiger partial charge in [0.15, 0.2) is 0 Å². The van der Waals surface area contributed by atoms with Gasteiger partial charge in [-0.3, -0.25) is 4.79 Å². The molecule has 0 fully saturated rings. The molecule has 0 bridgehead atoms. The average molecular weight is 248 g/mol. The summed E-state index contributed by atoms with van der Waals surface area (Å²) in [5, 5.41) is 2.90. The lowest BCUT2D eigenvalue weighted by Crippen LogP contribution is -2.45. The van der Waals surface area contributed by atoms with Gasteiger partial charge in [0, 0.05) is 13.7 Å². The predicted octanol–water partition coefficient (Wildman–Crippen LogP) is 0.491. The SMILES string of the molecule is COCC(N)C(=O)NCC1Cc2ccccc2C1. The van der Waals surface area contributed by atoms with Gasteiger partial charge in [0.1, 0.15) is 6.04 Å². The van der Waals surface area contributed by atoms with Crippen LogP contribution in [0.3, 0.4) is 0 Å². The summed E-state index contributed by atoms with van der Waals surface area (Å²) in [6.07, 6.45) is 2.08. The molecule has 0 saturated heterocycles. The monoisotopic (exact) mass is 248 g/mol. The third-order valence-electron chi connectivity index (χ3n) is 3.38. The quantitative estimate of drug-likeness (QED) is 0.797. The maximum absolute atomic E-state index is 11.6. The van der Waals surface area contributed by atoms with Crippen LogP contribution in [0.4, 0.5) is 0 Å². The topological polar surface area (TPSA) is 64.3 Å². The Labute approximate surface area is 108 Å². The van der Waals surface area contributed by atoms with Crippen LogP contribution in [0.1, 0.15) is 11.1 Å². The second kappa shape index (κ2) is 5.98. The summed E-state index contributed by atoms with van der Waals surface area (Å²) in [5.74, 6) is 0.355. The molecule has 1 aromatic rings. The molecule has 1 atom stereocenters. The van der Waals surface area contributed by atoms with Gasteiger partial charge in [0.25, 0.3) is 0 Å². The number of amides is 1. The Morgan fingerprint density at radius 2 is 2.06 bits per heavy atom. The third kappa shape index (κ3) is 3.09. The van der Waals surface area contributed by atoms with Gasteiger partial charge in [-0.1, -0.05) is 24.3 Å². The number of ether oxygens (including phenoxy) is 1. The van der Waals surface area contributed by atoms with E-state index in [2.05, 4.69) is 29.6 Å². The van der Waals surface area contributed by atoms with Crippen LogP contribution in [0.2, 0.25) is 0 Å². The Hall–Kier alpha value is -1.39. The number of benzene rings is 1. The lowest BCUT2D eigenvalue weighted by Gasteiger charge is -2.14. The van der Waals surface area contributed by atoms with E-state index in [0.29, 0.717) is 12.5 Å². The van der Waals surface area contributed by atoms with Gasteiger partial charge >= 0.3 is 0 Å². The zero-order chi connectivity index (χ0) is 13.0. The van der Waals surface area contributed by atoms with Gasteiger partial charge in [-0.05, 0) is 29.9 Å². The first kappa shape index (κ1) is 13.1. The Morgan fingerprint density at radius 1 is 1.44 bits per heavy atom. The molecule has 0 heterocycles. The maximum Gasteiger partial charge on any atom is 0.239 e. The number of hydrogen-bond acceptors (Lipinski definition) is 3. The molecule has 4 nitrogen and oxygen atoms in total. The number of nitrogens with one attached hydrogen (secondary N) is 1. The number of nitrogens with two attached hydrogens (primary N) is 1. The van der Waals surface area contributed by atoms with Crippen molar-refractivity contribution in [3.63, 3.8) is 0 Å². The molecular weight excluding hydrogens is 228 g/mol. The van der Waals surface area contributed by atoms with Crippen molar-refractivity contribution in [2.45, 2.75) is 18.9 Å². The van der Waals surface area contributed by atoms with E-state index in [1.54, 1.807) is 7.11 Å². The minimum Gasteiger partial charge on any atom is -0.383 e. The van der Waals surface area contributed by atoms with Gasteiger partial charge in [-0.25, -0.2) is 0 Å². The molecular formula is C14H20N2O2. The van der Waals surface area contributed by atoms with Crippen molar-refractivity contribution < 1.29 is 9.53 Å². The fourth-order valence-electron chi connectivity index (χ4n) is 2.43. The van der Waals surface area contributed by atoms with Crippen molar-refractivity contribution in [1.82, 2.24) is 5.32 Å². The molecule has 0 radical (unpaired) electrons. The highest BCUT2D eigenvalue weighted by Crippen LogP contribution is 2.25. The van der Waals surface area contributed by atoms with Crippen molar-refractivity contribution in [3.8, 4) is 0 Å². The first-order chi connectivity index (χ1) is 8.70. The van der Waals surface area contributed by atoms with Gasteiger partial charge in [0.2, 0.25) is 5.91 Å². The summed E-state index contributed by atoms with van der Waals surface area (Å²) in [5.41, 5.74) is 8.46. The number of carbonyl (C=O) groups is 1. The van der Waals surface area contributed by atoms with E-state index in [0.717, 1.165) is 12.8 Å². The highest BCUT2D eigenvalue weighted by Gasteiger charge is 2.22. The summed E-state index contributed by atoms with van der Waals surface area (Å²) < 4.78 is 4.86. The lowest BCUT2D eigenvalue weighted by molar-refractivity contribution is -0.123. The lowest BCUT2D eigenvalue weighted by atomic mass is 10.1. The average Bonchev–Trinajstić information content (AvgIpc) is 2.78. The summed E-state index contributed by atoms with van der Waals surface area (Å²) >= 11 is 0. The summed E-state index contributed by atoms with van der Waals surface area (Å²) in [6, 6.07) is 7.88. The number of methoxy groups -OCH3 is 1. The van der Waals surface area contributed by atoms with Crippen molar-refractivity contribution in [2.75, 3.05) is 20.3 Å². The largest absolute Gasteiger partial charge is 0.383 e. The fourth-order valence-corrected chi connectivity index (χ4v) is 2.43. The molecule has 0 saturated carbocycles. The predicted molar refractivity (Wildman–Crippen MR) is 70.2 cm³/mol. The third-order valence-corrected chi connectivity index (χ3v) is 3.38. The molecule has 2 rings (SSSR count). The fraction of sp³-hybridized carbons (Fsp3) is 0.500. The molecule has 1 aliphatic rings. The standard InChI is InChI=1S/C14H20N2O2/c1-18-9-13(15)14(17)16-8-10-6-11-4-2-3-5-12(11)7-10/h2-5,10,13H,6-9,15H2,1H3,(H,16,17). The normalized spacial score (nSPS) is 16.3. The van der Waals surface area contributed by atoms with Crippen LogP contribution in [0.25, 0.3) is 0 Å². The minimum atomic E-state index is -0.571. The van der Waals surface area contributed by atoms with Crippen LogP contribution < -0.4 is 11.1 Å². The summed E-state index contributed by atoms with van der Waals surface area (Å²) in [4.78, 5) is 11.6. The molecule has 98 valence electrons. The minimum absolute atomic E-state index is 0.132. The molecule has 0 aliphatic heterocycles. The van der Waals surface area contributed by atoms with Crippen LogP contribution in [0, 0.1) is 5.92 Å². The van der Waals surface area contributed by atoms with E-state index in [1.807, 2.05) is 0 Å². The van der Waals surface area contributed by atoms with E-state index in [4.69, 9.17) is 10.5 Å². The van der Waals surface area contributed by atoms with E-state index >= 15 is 0 Å². The smallest absolute Gasteiger partial charge is 0.239 e. The first-order valence-electron chi connectivity index (χ1n) is 6.29. The molecule has 0 aromatic heterocycles. The number of hydrogen-bond donors (Lipinski definition) is 2. The van der Waals surface area contributed by atoms with Crippen molar-refractivity contribution in [2.24, 2.45) is 11.7 Å². The Bertz CT molecular complexity index is 395. The highest BCUT2D eigenvalue weighted by atomic mass is 16.5. The Morgan fingerprint density at radius 3 is 2.61 bits per heavy atom. The Kier molecular flexibility index (Phi) is 4.33. The highest BCUT2D eigenvalue weighted by molar-refractivity contribution is 5.81. The zero-order valence-electron chi connectivity index (χ0n) is 10.7. The molecule has 1 amide bonds. The number of carbonyl (C=O) groups excluding carboxylic acids is 1. The van der Waals surface area contributed by atoms with Crippen LogP contribution in [-0.4, -0.2) is 32.2 Å². The van der Waals surface area contributed by atoms with Crippen molar-refractivity contribution >= 4 is 5.91 Å².